The summed E-state index contributed by atoms with van der Waals surface area (Å²) in [6.07, 6.45) is 6.66. The number of para-hydroxylation sites is 1. The van der Waals surface area contributed by atoms with Gasteiger partial charge in [-0.2, -0.15) is 0 Å². The van der Waals surface area contributed by atoms with Crippen molar-refractivity contribution >= 4 is 32.5 Å². The summed E-state index contributed by atoms with van der Waals surface area (Å²) in [5.74, 6) is 0.190. The molecule has 4 aromatic rings. The summed E-state index contributed by atoms with van der Waals surface area (Å²) >= 11 is 1.48. The molecular weight excluding hydrogens is 358 g/mol. The summed E-state index contributed by atoms with van der Waals surface area (Å²) in [5, 5.41) is 11.4. The van der Waals surface area contributed by atoms with Crippen molar-refractivity contribution in [2.24, 2.45) is 0 Å². The molecule has 0 saturated heterocycles. The lowest BCUT2D eigenvalue weighted by molar-refractivity contribution is 0.465. The number of aromatic hydroxyl groups is 1. The molecule has 0 aliphatic rings. The van der Waals surface area contributed by atoms with Crippen LogP contribution in [0.3, 0.4) is 0 Å². The van der Waals surface area contributed by atoms with Crippen molar-refractivity contribution in [2.45, 2.75) is 39.0 Å². The van der Waals surface area contributed by atoms with Crippen molar-refractivity contribution in [1.82, 2.24) is 4.98 Å². The maximum Gasteiger partial charge on any atom is 0.202 e. The second-order valence-corrected chi connectivity index (χ2v) is 7.78. The van der Waals surface area contributed by atoms with E-state index in [2.05, 4.69) is 11.9 Å². The smallest absolute Gasteiger partial charge is 0.202 e. The van der Waals surface area contributed by atoms with Gasteiger partial charge in [-0.1, -0.05) is 38.3 Å². The Morgan fingerprint density at radius 3 is 2.81 bits per heavy atom. The maximum atomic E-state index is 13.1. The predicted molar refractivity (Wildman–Crippen MR) is 111 cm³/mol. The lowest BCUT2D eigenvalue weighted by atomic mass is 10.0. The van der Waals surface area contributed by atoms with Crippen LogP contribution in [0.25, 0.3) is 31.8 Å². The van der Waals surface area contributed by atoms with Gasteiger partial charge in [-0.05, 0) is 36.6 Å². The third-order valence-corrected chi connectivity index (χ3v) is 5.87. The van der Waals surface area contributed by atoms with Crippen molar-refractivity contribution < 1.29 is 9.52 Å². The molecule has 0 atom stereocenters. The monoisotopic (exact) mass is 379 g/mol. The summed E-state index contributed by atoms with van der Waals surface area (Å²) in [5.41, 5.74) is 2.43. The van der Waals surface area contributed by atoms with Crippen LogP contribution in [0.15, 0.2) is 51.9 Å². The number of aromatic nitrogens is 1. The van der Waals surface area contributed by atoms with Gasteiger partial charge in [0, 0.05) is 6.07 Å². The van der Waals surface area contributed by atoms with Gasteiger partial charge in [0.1, 0.15) is 22.6 Å². The van der Waals surface area contributed by atoms with Crippen LogP contribution in [0.5, 0.6) is 5.75 Å². The Morgan fingerprint density at radius 1 is 1.15 bits per heavy atom. The van der Waals surface area contributed by atoms with Gasteiger partial charge in [0.25, 0.3) is 0 Å². The molecule has 5 heteroatoms. The minimum atomic E-state index is -0.106. The lowest BCUT2D eigenvalue weighted by Crippen LogP contribution is -2.05. The summed E-state index contributed by atoms with van der Waals surface area (Å²) < 4.78 is 6.70. The van der Waals surface area contributed by atoms with E-state index in [-0.39, 0.29) is 11.2 Å². The van der Waals surface area contributed by atoms with Gasteiger partial charge >= 0.3 is 0 Å². The SMILES string of the molecule is CCCCCCc1cc2c(=O)c(-c3nc4ccccc4s3)coc2cc1O. The van der Waals surface area contributed by atoms with E-state index in [9.17, 15) is 9.90 Å². The maximum absolute atomic E-state index is 13.1. The Hall–Kier alpha value is -2.66. The molecule has 4 nitrogen and oxygen atoms in total. The molecule has 2 aromatic carbocycles. The number of thiazole rings is 1. The molecule has 0 bridgehead atoms. The van der Waals surface area contributed by atoms with E-state index >= 15 is 0 Å². The van der Waals surface area contributed by atoms with Gasteiger partial charge in [0.05, 0.1) is 21.2 Å². The number of phenolic OH excluding ortho intramolecular Hbond substituents is 1. The molecule has 1 N–H and O–H groups in total. The minimum absolute atomic E-state index is 0.106. The van der Waals surface area contributed by atoms with Crippen molar-refractivity contribution in [2.75, 3.05) is 0 Å². The van der Waals surface area contributed by atoms with E-state index in [4.69, 9.17) is 4.42 Å². The summed E-state index contributed by atoms with van der Waals surface area (Å²) in [6, 6.07) is 11.1. The van der Waals surface area contributed by atoms with E-state index in [0.717, 1.165) is 35.0 Å². The highest BCUT2D eigenvalue weighted by Gasteiger charge is 2.15. The number of phenols is 1. The molecule has 0 aliphatic carbocycles. The quantitative estimate of drug-likeness (QED) is 0.424. The highest BCUT2D eigenvalue weighted by atomic mass is 32.1. The summed E-state index contributed by atoms with van der Waals surface area (Å²) in [6.45, 7) is 2.17. The number of rotatable bonds is 6. The molecule has 4 rings (SSSR count). The summed E-state index contributed by atoms with van der Waals surface area (Å²) in [7, 11) is 0. The zero-order chi connectivity index (χ0) is 18.8. The number of hydrogen-bond acceptors (Lipinski definition) is 5. The highest BCUT2D eigenvalue weighted by Crippen LogP contribution is 2.31. The molecule has 2 heterocycles. The first-order chi connectivity index (χ1) is 13.2. The van der Waals surface area contributed by atoms with Gasteiger partial charge < -0.3 is 9.52 Å². The molecule has 0 spiro atoms. The fraction of sp³-hybridized carbons (Fsp3) is 0.273. The third-order valence-electron chi connectivity index (χ3n) is 4.80. The number of aryl methyl sites for hydroxylation is 1. The van der Waals surface area contributed by atoms with E-state index in [1.54, 1.807) is 12.1 Å². The predicted octanol–water partition coefficient (Wildman–Crippen LogP) is 5.90. The van der Waals surface area contributed by atoms with Crippen LogP contribution in [0.4, 0.5) is 0 Å². The molecule has 0 radical (unpaired) electrons. The molecule has 0 fully saturated rings. The van der Waals surface area contributed by atoms with Crippen LogP contribution in [0.2, 0.25) is 0 Å². The van der Waals surface area contributed by atoms with Crippen molar-refractivity contribution in [3.05, 3.63) is 58.4 Å². The van der Waals surface area contributed by atoms with Crippen LogP contribution in [-0.2, 0) is 6.42 Å². The Kier molecular flexibility index (Phi) is 4.94. The van der Waals surface area contributed by atoms with Crippen LogP contribution in [-0.4, -0.2) is 10.1 Å². The number of benzene rings is 2. The third kappa shape index (κ3) is 3.47. The van der Waals surface area contributed by atoms with Gasteiger partial charge in [-0.15, -0.1) is 11.3 Å². The van der Waals surface area contributed by atoms with Gasteiger partial charge in [-0.3, -0.25) is 4.79 Å². The first kappa shape index (κ1) is 17.7. The minimum Gasteiger partial charge on any atom is -0.508 e. The van der Waals surface area contributed by atoms with Crippen LogP contribution < -0.4 is 5.43 Å². The van der Waals surface area contributed by atoms with Gasteiger partial charge in [0.15, 0.2) is 0 Å². The zero-order valence-corrected chi connectivity index (χ0v) is 16.0. The molecule has 27 heavy (non-hydrogen) atoms. The van der Waals surface area contributed by atoms with Crippen molar-refractivity contribution in [3.63, 3.8) is 0 Å². The number of fused-ring (bicyclic) bond motifs is 2. The Labute approximate surface area is 161 Å². The van der Waals surface area contributed by atoms with E-state index in [1.807, 2.05) is 24.3 Å². The average Bonchev–Trinajstić information content (AvgIpc) is 3.10. The molecule has 0 aliphatic heterocycles. The molecule has 138 valence electrons. The zero-order valence-electron chi connectivity index (χ0n) is 15.2. The molecule has 0 unspecified atom stereocenters. The Morgan fingerprint density at radius 2 is 2.00 bits per heavy atom. The lowest BCUT2D eigenvalue weighted by Gasteiger charge is -2.07. The first-order valence-electron chi connectivity index (χ1n) is 9.30. The largest absolute Gasteiger partial charge is 0.508 e. The number of hydrogen-bond donors (Lipinski definition) is 1. The Balaban J connectivity index is 1.75. The van der Waals surface area contributed by atoms with Gasteiger partial charge in [-0.25, -0.2) is 4.98 Å². The first-order valence-corrected chi connectivity index (χ1v) is 10.1. The van der Waals surface area contributed by atoms with E-state index in [0.29, 0.717) is 21.5 Å². The normalized spacial score (nSPS) is 11.4. The van der Waals surface area contributed by atoms with Crippen LogP contribution in [0, 0.1) is 0 Å². The fourth-order valence-electron chi connectivity index (χ4n) is 3.29. The number of nitrogens with zero attached hydrogens (tertiary/aromatic N) is 1. The highest BCUT2D eigenvalue weighted by molar-refractivity contribution is 7.21. The topological polar surface area (TPSA) is 63.3 Å². The Bertz CT molecular complexity index is 1130. The molecule has 0 amide bonds. The van der Waals surface area contributed by atoms with Crippen molar-refractivity contribution in [1.29, 1.82) is 0 Å². The summed E-state index contributed by atoms with van der Waals surface area (Å²) in [4.78, 5) is 17.6. The van der Waals surface area contributed by atoms with E-state index < -0.39 is 0 Å². The van der Waals surface area contributed by atoms with Crippen molar-refractivity contribution in [3.8, 4) is 16.3 Å². The molecular formula is C22H21NO3S. The number of unbranched alkanes of at least 4 members (excludes halogenated alkanes) is 3. The van der Waals surface area contributed by atoms with E-state index in [1.165, 1.54) is 30.4 Å². The van der Waals surface area contributed by atoms with Crippen LogP contribution >= 0.6 is 11.3 Å². The van der Waals surface area contributed by atoms with Crippen LogP contribution in [0.1, 0.15) is 38.2 Å². The van der Waals surface area contributed by atoms with Gasteiger partial charge in [0.2, 0.25) is 5.43 Å². The second kappa shape index (κ2) is 7.53. The standard InChI is InChI=1S/C22H21NO3S/c1-2-3-4-5-8-14-11-15-19(12-18(14)24)26-13-16(21(15)25)22-23-17-9-6-7-10-20(17)27-22/h6-7,9-13,24H,2-5,8H2,1H3. The molecule has 0 saturated carbocycles. The molecule has 2 aromatic heterocycles. The average molecular weight is 379 g/mol. The second-order valence-electron chi connectivity index (χ2n) is 6.75. The fourth-order valence-corrected chi connectivity index (χ4v) is 4.26.